The number of ether oxygens (including phenoxy) is 1. The quantitative estimate of drug-likeness (QED) is 0.799. The number of hydrogen-bond donors (Lipinski definition) is 1. The van der Waals surface area contributed by atoms with Gasteiger partial charge in [0.2, 0.25) is 0 Å². The van der Waals surface area contributed by atoms with E-state index in [-0.39, 0.29) is 12.0 Å². The van der Waals surface area contributed by atoms with Crippen LogP contribution in [0, 0.1) is 0 Å². The number of aliphatic hydroxyl groups is 1. The summed E-state index contributed by atoms with van der Waals surface area (Å²) in [5, 5.41) is 9.40. The fourth-order valence-electron chi connectivity index (χ4n) is 2.13. The average Bonchev–Trinajstić information content (AvgIpc) is 2.54. The van der Waals surface area contributed by atoms with Crippen LogP contribution in [0.1, 0.15) is 30.6 Å². The van der Waals surface area contributed by atoms with Crippen LogP contribution in [0.4, 0.5) is 0 Å². The summed E-state index contributed by atoms with van der Waals surface area (Å²) in [4.78, 5) is 0. The van der Waals surface area contributed by atoms with Crippen LogP contribution in [-0.4, -0.2) is 18.8 Å². The van der Waals surface area contributed by atoms with E-state index in [0.29, 0.717) is 6.61 Å². The predicted octanol–water partition coefficient (Wildman–Crippen LogP) is 1.84. The van der Waals surface area contributed by atoms with E-state index in [1.54, 1.807) is 13.4 Å². The molecule has 78 valence electrons. The Kier molecular flexibility index (Phi) is 2.61. The largest absolute Gasteiger partial charge is 0.468 e. The minimum atomic E-state index is -0.114. The molecule has 0 radical (unpaired) electrons. The van der Waals surface area contributed by atoms with Crippen molar-refractivity contribution in [2.24, 2.45) is 0 Å². The topological polar surface area (TPSA) is 42.6 Å². The number of furan rings is 1. The van der Waals surface area contributed by atoms with Crippen molar-refractivity contribution < 1.29 is 14.3 Å². The Bertz CT molecular complexity index is 294. The zero-order valence-corrected chi connectivity index (χ0v) is 8.45. The molecule has 0 aromatic carbocycles. The van der Waals surface area contributed by atoms with Crippen molar-refractivity contribution >= 4 is 0 Å². The molecule has 0 unspecified atom stereocenters. The first-order valence-electron chi connectivity index (χ1n) is 4.99. The highest BCUT2D eigenvalue weighted by Gasteiger charge is 2.42. The van der Waals surface area contributed by atoms with Crippen LogP contribution in [0.15, 0.2) is 16.7 Å². The number of methoxy groups -OCH3 is 1. The zero-order valence-electron chi connectivity index (χ0n) is 8.45. The van der Waals surface area contributed by atoms with E-state index in [9.17, 15) is 5.11 Å². The Balaban J connectivity index is 2.25. The molecule has 14 heavy (non-hydrogen) atoms. The molecule has 0 amide bonds. The van der Waals surface area contributed by atoms with Crippen LogP contribution < -0.4 is 0 Å². The summed E-state index contributed by atoms with van der Waals surface area (Å²) in [7, 11) is 1.67. The maximum atomic E-state index is 9.40. The number of aliphatic hydroxyl groups excluding tert-OH is 1. The predicted molar refractivity (Wildman–Crippen MR) is 52.0 cm³/mol. The van der Waals surface area contributed by atoms with Crippen molar-refractivity contribution in [3.63, 3.8) is 0 Å². The summed E-state index contributed by atoms with van der Waals surface area (Å²) in [5.41, 5.74) is 0.957. The third kappa shape index (κ3) is 1.37. The molecule has 1 heterocycles. The molecule has 0 spiro atoms. The molecule has 1 aromatic rings. The van der Waals surface area contributed by atoms with E-state index in [1.165, 1.54) is 6.42 Å². The monoisotopic (exact) mass is 196 g/mol. The molecule has 1 aromatic heterocycles. The summed E-state index contributed by atoms with van der Waals surface area (Å²) in [6.45, 7) is 0.741. The van der Waals surface area contributed by atoms with Crippen molar-refractivity contribution in [2.75, 3.05) is 13.7 Å². The van der Waals surface area contributed by atoms with Gasteiger partial charge in [-0.15, -0.1) is 0 Å². The first kappa shape index (κ1) is 9.74. The van der Waals surface area contributed by atoms with Gasteiger partial charge in [-0.3, -0.25) is 0 Å². The second-order valence-corrected chi connectivity index (χ2v) is 4.00. The van der Waals surface area contributed by atoms with E-state index < -0.39 is 0 Å². The molecule has 1 aliphatic carbocycles. The maximum absolute atomic E-state index is 9.40. The van der Waals surface area contributed by atoms with E-state index in [2.05, 4.69) is 0 Å². The van der Waals surface area contributed by atoms with Crippen molar-refractivity contribution in [1.82, 2.24) is 0 Å². The van der Waals surface area contributed by atoms with Crippen LogP contribution in [0.5, 0.6) is 0 Å². The Morgan fingerprint density at radius 1 is 1.57 bits per heavy atom. The normalized spacial score (nSPS) is 19.3. The molecule has 0 bridgehead atoms. The van der Waals surface area contributed by atoms with Crippen LogP contribution in [-0.2, 0) is 16.8 Å². The zero-order chi connectivity index (χ0) is 10.0. The van der Waals surface area contributed by atoms with Crippen molar-refractivity contribution in [1.29, 1.82) is 0 Å². The van der Waals surface area contributed by atoms with Gasteiger partial charge in [0.05, 0.1) is 24.9 Å². The van der Waals surface area contributed by atoms with Crippen LogP contribution >= 0.6 is 0 Å². The molecular weight excluding hydrogens is 180 g/mol. The molecule has 1 saturated carbocycles. The Morgan fingerprint density at radius 3 is 2.86 bits per heavy atom. The van der Waals surface area contributed by atoms with Gasteiger partial charge in [-0.05, 0) is 18.9 Å². The minimum absolute atomic E-state index is 0.114. The first-order valence-corrected chi connectivity index (χ1v) is 4.99. The smallest absolute Gasteiger partial charge is 0.117 e. The van der Waals surface area contributed by atoms with Gasteiger partial charge >= 0.3 is 0 Å². The summed E-state index contributed by atoms with van der Waals surface area (Å²) >= 11 is 0. The van der Waals surface area contributed by atoms with Gasteiger partial charge < -0.3 is 14.3 Å². The fraction of sp³-hybridized carbons (Fsp3) is 0.636. The third-order valence-electron chi connectivity index (χ3n) is 3.14. The summed E-state index contributed by atoms with van der Waals surface area (Å²) < 4.78 is 10.6. The highest BCUT2D eigenvalue weighted by atomic mass is 16.5. The molecule has 2 rings (SSSR count). The highest BCUT2D eigenvalue weighted by molar-refractivity contribution is 5.27. The van der Waals surface area contributed by atoms with Gasteiger partial charge in [0.15, 0.2) is 0 Å². The molecule has 3 nitrogen and oxygen atoms in total. The Morgan fingerprint density at radius 2 is 2.36 bits per heavy atom. The van der Waals surface area contributed by atoms with Gasteiger partial charge in [-0.2, -0.15) is 0 Å². The lowest BCUT2D eigenvalue weighted by molar-refractivity contribution is 0.0936. The standard InChI is InChI=1S/C11H16O3/c1-13-7-9-3-6-14-10(9)11(8-12)4-2-5-11/h3,6,12H,2,4-5,7-8H2,1H3. The van der Waals surface area contributed by atoms with Crippen molar-refractivity contribution in [2.45, 2.75) is 31.3 Å². The van der Waals surface area contributed by atoms with Gasteiger partial charge in [0.25, 0.3) is 0 Å². The van der Waals surface area contributed by atoms with E-state index >= 15 is 0 Å². The molecular formula is C11H16O3. The summed E-state index contributed by atoms with van der Waals surface area (Å²) in [6.07, 6.45) is 4.90. The molecule has 1 fully saturated rings. The molecule has 0 aliphatic heterocycles. The van der Waals surface area contributed by atoms with Gasteiger partial charge in [0, 0.05) is 12.7 Å². The lowest BCUT2D eigenvalue weighted by atomic mass is 9.67. The fourth-order valence-corrected chi connectivity index (χ4v) is 2.13. The average molecular weight is 196 g/mol. The van der Waals surface area contributed by atoms with E-state index in [4.69, 9.17) is 9.15 Å². The molecule has 1 N–H and O–H groups in total. The van der Waals surface area contributed by atoms with Gasteiger partial charge in [0.1, 0.15) is 5.76 Å². The summed E-state index contributed by atoms with van der Waals surface area (Å²) in [5.74, 6) is 0.924. The van der Waals surface area contributed by atoms with Gasteiger partial charge in [-0.25, -0.2) is 0 Å². The second-order valence-electron chi connectivity index (χ2n) is 4.00. The lowest BCUT2D eigenvalue weighted by Crippen LogP contribution is -2.38. The van der Waals surface area contributed by atoms with E-state index in [1.807, 2.05) is 6.07 Å². The third-order valence-corrected chi connectivity index (χ3v) is 3.14. The van der Waals surface area contributed by atoms with Crippen LogP contribution in [0.25, 0.3) is 0 Å². The Hall–Kier alpha value is -0.800. The Labute approximate surface area is 83.7 Å². The molecule has 0 atom stereocenters. The SMILES string of the molecule is COCc1ccoc1C1(CO)CCC1. The molecule has 3 heteroatoms. The van der Waals surface area contributed by atoms with Gasteiger partial charge in [-0.1, -0.05) is 6.42 Å². The van der Waals surface area contributed by atoms with Crippen LogP contribution in [0.3, 0.4) is 0 Å². The second kappa shape index (κ2) is 3.75. The molecule has 1 aliphatic rings. The van der Waals surface area contributed by atoms with Crippen LogP contribution in [0.2, 0.25) is 0 Å². The first-order chi connectivity index (χ1) is 6.82. The summed E-state index contributed by atoms with van der Waals surface area (Å²) in [6, 6.07) is 1.93. The number of hydrogen-bond acceptors (Lipinski definition) is 3. The minimum Gasteiger partial charge on any atom is -0.468 e. The highest BCUT2D eigenvalue weighted by Crippen LogP contribution is 2.44. The number of rotatable bonds is 4. The lowest BCUT2D eigenvalue weighted by Gasteiger charge is -2.39. The van der Waals surface area contributed by atoms with E-state index in [0.717, 1.165) is 24.2 Å². The van der Waals surface area contributed by atoms with Crippen molar-refractivity contribution in [3.8, 4) is 0 Å². The van der Waals surface area contributed by atoms with Crippen molar-refractivity contribution in [3.05, 3.63) is 23.7 Å². The maximum Gasteiger partial charge on any atom is 0.117 e. The molecule has 0 saturated heterocycles.